The van der Waals surface area contributed by atoms with Crippen molar-refractivity contribution in [3.8, 4) is 0 Å². The molecule has 0 aromatic heterocycles. The molecule has 0 bridgehead atoms. The molecule has 2 atom stereocenters. The van der Waals surface area contributed by atoms with E-state index in [0.717, 1.165) is 22.3 Å². The van der Waals surface area contributed by atoms with E-state index in [1.54, 1.807) is 12.1 Å². The number of hydrogen-bond donors (Lipinski definition) is 2. The summed E-state index contributed by atoms with van der Waals surface area (Å²) in [5, 5.41) is 0. The molecule has 0 aliphatic carbocycles. The molecule has 0 fully saturated rings. The first-order valence-corrected chi connectivity index (χ1v) is 8.77. The van der Waals surface area contributed by atoms with Gasteiger partial charge in [-0.2, -0.15) is 0 Å². The Morgan fingerprint density at radius 3 is 1.46 bits per heavy atom. The maximum atomic E-state index is 12.8. The summed E-state index contributed by atoms with van der Waals surface area (Å²) in [6.45, 7) is 4.58. The summed E-state index contributed by atoms with van der Waals surface area (Å²) >= 11 is 0. The van der Waals surface area contributed by atoms with Crippen LogP contribution in [0, 0.1) is 25.5 Å². The van der Waals surface area contributed by atoms with Crippen LogP contribution in [0.4, 0.5) is 8.78 Å². The van der Waals surface area contributed by atoms with Crippen LogP contribution in [0.2, 0.25) is 0 Å². The van der Waals surface area contributed by atoms with Crippen LogP contribution in [0.3, 0.4) is 0 Å². The lowest BCUT2D eigenvalue weighted by Gasteiger charge is -2.08. The average molecular weight is 388 g/mol. The molecule has 2 aromatic carbocycles. The van der Waals surface area contributed by atoms with Crippen LogP contribution >= 0.6 is 0 Å². The summed E-state index contributed by atoms with van der Waals surface area (Å²) in [6, 6.07) is 9.50. The van der Waals surface area contributed by atoms with Crippen LogP contribution < -0.4 is 11.5 Å². The zero-order valence-corrected chi connectivity index (χ0v) is 15.7. The Kier molecular flexibility index (Phi) is 5.77. The van der Waals surface area contributed by atoms with Crippen molar-refractivity contribution in [2.75, 3.05) is 13.2 Å². The average Bonchev–Trinajstić information content (AvgIpc) is 3.24. The minimum absolute atomic E-state index is 0.0874. The Morgan fingerprint density at radius 2 is 1.18 bits per heavy atom. The molecule has 148 valence electrons. The molecule has 6 nitrogen and oxygen atoms in total. The number of amidine groups is 2. The molecule has 2 aliphatic rings. The lowest BCUT2D eigenvalue weighted by molar-refractivity contribution is 0.314. The smallest absolute Gasteiger partial charge is 0.282 e. The Hall–Kier alpha value is -3.16. The molecule has 0 amide bonds. The van der Waals surface area contributed by atoms with Gasteiger partial charge < -0.3 is 20.9 Å². The fourth-order valence-electron chi connectivity index (χ4n) is 3.13. The number of ether oxygens (including phenoxy) is 2. The predicted molar refractivity (Wildman–Crippen MR) is 103 cm³/mol. The Labute approximate surface area is 161 Å². The SMILES string of the molecule is Cc1cc(F)ccc1[C@@H]1COC(N)=N1.Cc1cc(F)ccc1[C@H]1COC(N)=N1. The highest BCUT2D eigenvalue weighted by molar-refractivity contribution is 5.73. The maximum absolute atomic E-state index is 12.8. The van der Waals surface area contributed by atoms with Gasteiger partial charge in [-0.15, -0.1) is 0 Å². The van der Waals surface area contributed by atoms with Crippen LogP contribution in [0.15, 0.2) is 46.4 Å². The quantitative estimate of drug-likeness (QED) is 0.827. The van der Waals surface area contributed by atoms with Gasteiger partial charge in [-0.3, -0.25) is 0 Å². The van der Waals surface area contributed by atoms with Gasteiger partial charge in [0.25, 0.3) is 12.0 Å². The second-order valence-corrected chi connectivity index (χ2v) is 6.59. The first-order chi connectivity index (χ1) is 13.3. The largest absolute Gasteiger partial charge is 0.463 e. The number of nitrogens with zero attached hydrogens (tertiary/aromatic N) is 2. The molecule has 2 heterocycles. The van der Waals surface area contributed by atoms with Crippen LogP contribution in [-0.4, -0.2) is 25.3 Å². The van der Waals surface area contributed by atoms with Gasteiger partial charge in [-0.1, -0.05) is 12.1 Å². The molecule has 8 heteroatoms. The summed E-state index contributed by atoms with van der Waals surface area (Å²) in [6.07, 6.45) is 0. The van der Waals surface area contributed by atoms with Crippen LogP contribution in [0.5, 0.6) is 0 Å². The van der Waals surface area contributed by atoms with Crippen molar-refractivity contribution >= 4 is 12.0 Å². The van der Waals surface area contributed by atoms with Crippen molar-refractivity contribution < 1.29 is 18.3 Å². The second-order valence-electron chi connectivity index (χ2n) is 6.59. The van der Waals surface area contributed by atoms with Crippen molar-refractivity contribution in [3.05, 3.63) is 70.3 Å². The molecule has 2 aliphatic heterocycles. The van der Waals surface area contributed by atoms with E-state index >= 15 is 0 Å². The third kappa shape index (κ3) is 4.57. The van der Waals surface area contributed by atoms with Crippen LogP contribution in [0.25, 0.3) is 0 Å². The maximum Gasteiger partial charge on any atom is 0.282 e. The zero-order valence-electron chi connectivity index (χ0n) is 15.7. The molecule has 0 saturated carbocycles. The molecule has 0 unspecified atom stereocenters. The molecule has 4 N–H and O–H groups in total. The van der Waals surface area contributed by atoms with Crippen molar-refractivity contribution in [1.82, 2.24) is 0 Å². The highest BCUT2D eigenvalue weighted by atomic mass is 19.1. The number of halogens is 2. The van der Waals surface area contributed by atoms with Crippen LogP contribution in [-0.2, 0) is 9.47 Å². The van der Waals surface area contributed by atoms with E-state index < -0.39 is 0 Å². The predicted octanol–water partition coefficient (Wildman–Crippen LogP) is 3.04. The van der Waals surface area contributed by atoms with Gasteiger partial charge in [0.15, 0.2) is 0 Å². The van der Waals surface area contributed by atoms with Crippen LogP contribution in [0.1, 0.15) is 34.3 Å². The molecule has 0 spiro atoms. The molecular weight excluding hydrogens is 366 g/mol. The van der Waals surface area contributed by atoms with E-state index in [9.17, 15) is 8.78 Å². The molecule has 0 radical (unpaired) electrons. The number of aryl methyl sites for hydroxylation is 2. The van der Waals surface area contributed by atoms with E-state index in [-0.39, 0.29) is 35.8 Å². The van der Waals surface area contributed by atoms with Gasteiger partial charge in [-0.25, -0.2) is 18.8 Å². The van der Waals surface area contributed by atoms with Crippen molar-refractivity contribution in [2.24, 2.45) is 21.5 Å². The number of aliphatic imine (C=N–C) groups is 2. The molecular formula is C20H22F2N4O2. The van der Waals surface area contributed by atoms with Gasteiger partial charge in [0.05, 0.1) is 0 Å². The topological polar surface area (TPSA) is 95.2 Å². The molecule has 2 aromatic rings. The Bertz CT molecular complexity index is 855. The summed E-state index contributed by atoms with van der Waals surface area (Å²) < 4.78 is 35.7. The summed E-state index contributed by atoms with van der Waals surface area (Å²) in [5.41, 5.74) is 14.5. The van der Waals surface area contributed by atoms with E-state index in [2.05, 4.69) is 9.98 Å². The zero-order chi connectivity index (χ0) is 20.3. The first kappa shape index (κ1) is 19.6. The third-order valence-electron chi connectivity index (χ3n) is 4.53. The second kappa shape index (κ2) is 8.24. The molecule has 28 heavy (non-hydrogen) atoms. The van der Waals surface area contributed by atoms with E-state index in [4.69, 9.17) is 20.9 Å². The van der Waals surface area contributed by atoms with E-state index in [1.165, 1.54) is 24.3 Å². The van der Waals surface area contributed by atoms with Gasteiger partial charge in [-0.05, 0) is 60.4 Å². The Morgan fingerprint density at radius 1 is 0.786 bits per heavy atom. The number of rotatable bonds is 2. The highest BCUT2D eigenvalue weighted by Gasteiger charge is 2.21. The van der Waals surface area contributed by atoms with Crippen molar-refractivity contribution in [3.63, 3.8) is 0 Å². The molecule has 4 rings (SSSR count). The fourth-order valence-corrected chi connectivity index (χ4v) is 3.13. The fraction of sp³-hybridized carbons (Fsp3) is 0.300. The Balaban J connectivity index is 0.000000161. The summed E-state index contributed by atoms with van der Waals surface area (Å²) in [4.78, 5) is 8.20. The first-order valence-electron chi connectivity index (χ1n) is 8.77. The monoisotopic (exact) mass is 388 g/mol. The standard InChI is InChI=1S/2C10H11FN2O/c2*1-6-4-7(11)2-3-8(6)9-5-14-10(12)13-9/h2*2-4,9H,5H2,1H3,(H2,12,13)/t2*9-/m10/s1. The minimum Gasteiger partial charge on any atom is -0.463 e. The lowest BCUT2D eigenvalue weighted by atomic mass is 10.0. The number of hydrogen-bond acceptors (Lipinski definition) is 6. The number of nitrogens with two attached hydrogens (primary N) is 2. The summed E-state index contributed by atoms with van der Waals surface area (Å²) in [5.74, 6) is -0.468. The highest BCUT2D eigenvalue weighted by Crippen LogP contribution is 2.26. The lowest BCUT2D eigenvalue weighted by Crippen LogP contribution is -2.10. The van der Waals surface area contributed by atoms with Gasteiger partial charge in [0.2, 0.25) is 0 Å². The van der Waals surface area contributed by atoms with Gasteiger partial charge in [0, 0.05) is 0 Å². The van der Waals surface area contributed by atoms with E-state index in [1.807, 2.05) is 13.8 Å². The normalized spacial score (nSPS) is 20.4. The van der Waals surface area contributed by atoms with E-state index in [0.29, 0.717) is 13.2 Å². The third-order valence-corrected chi connectivity index (χ3v) is 4.53. The number of benzene rings is 2. The minimum atomic E-state index is -0.234. The summed E-state index contributed by atoms with van der Waals surface area (Å²) in [7, 11) is 0. The van der Waals surface area contributed by atoms with Crippen molar-refractivity contribution in [1.29, 1.82) is 0 Å². The molecule has 0 saturated heterocycles. The van der Waals surface area contributed by atoms with Gasteiger partial charge in [0.1, 0.15) is 36.9 Å². The van der Waals surface area contributed by atoms with Crippen molar-refractivity contribution in [2.45, 2.75) is 25.9 Å². The van der Waals surface area contributed by atoms with Gasteiger partial charge >= 0.3 is 0 Å².